The zero-order valence-electron chi connectivity index (χ0n) is 49.4. The van der Waals surface area contributed by atoms with Gasteiger partial charge in [-0.15, -0.1) is 0 Å². The number of ether oxygens (including phenoxy) is 6. The van der Waals surface area contributed by atoms with Crippen LogP contribution in [0.2, 0.25) is 0 Å². The standard InChI is InChI=1S/C15H14O2.2C13H12O2.3C9H10O2.C2H6/c1-11(16)12-3-5-13(6-4-12)14-7-9-15(17-2)10-8-14;1-9(14)10-5-3-7-12-11(10)6-4-8-13(12)15-2;1-9(14)10-3-4-12-8-13(15-2)6-5-11(12)7-10;2*1-7(10)8-3-5-9(11-2)6-4-8;1-7(10)8-4-3-5-9(6-8)11-2;1-2/h3-10H,1-2H3;2*3-8H,1-2H3;3*3-6H,1-2H3;1-2H3. The van der Waals surface area contributed by atoms with Crippen molar-refractivity contribution in [2.45, 2.75) is 55.4 Å². The number of rotatable bonds is 13. The number of hydrogen-bond acceptors (Lipinski definition) is 12. The number of ketones is 6. The molecule has 0 aliphatic carbocycles. The van der Waals surface area contributed by atoms with E-state index in [0.29, 0.717) is 16.7 Å². The Bertz CT molecular complexity index is 3430. The third-order valence-corrected chi connectivity index (χ3v) is 12.1. The average molecular weight is 1110 g/mol. The number of methoxy groups -OCH3 is 6. The van der Waals surface area contributed by atoms with Crippen LogP contribution in [-0.2, 0) is 0 Å². The van der Waals surface area contributed by atoms with Gasteiger partial charge in [-0.2, -0.15) is 0 Å². The van der Waals surface area contributed by atoms with Crippen LogP contribution in [0.15, 0.2) is 194 Å². The lowest BCUT2D eigenvalue weighted by Gasteiger charge is -2.07. The zero-order valence-corrected chi connectivity index (χ0v) is 49.4. The van der Waals surface area contributed by atoms with Crippen LogP contribution in [0.5, 0.6) is 34.5 Å². The molecule has 426 valence electrons. The van der Waals surface area contributed by atoms with Crippen molar-refractivity contribution in [3.63, 3.8) is 0 Å². The van der Waals surface area contributed by atoms with Crippen molar-refractivity contribution < 1.29 is 57.2 Å². The minimum Gasteiger partial charge on any atom is -0.497 e. The first-order chi connectivity index (χ1) is 39.4. The first-order valence-corrected chi connectivity index (χ1v) is 26.2. The molecule has 0 unspecified atom stereocenters. The summed E-state index contributed by atoms with van der Waals surface area (Å²) in [4.78, 5) is 66.2. The van der Waals surface area contributed by atoms with Crippen molar-refractivity contribution in [1.82, 2.24) is 0 Å². The zero-order chi connectivity index (χ0) is 60.7. The molecule has 0 saturated carbocycles. The van der Waals surface area contributed by atoms with E-state index in [4.69, 9.17) is 28.4 Å². The van der Waals surface area contributed by atoms with Gasteiger partial charge in [-0.3, -0.25) is 28.8 Å². The van der Waals surface area contributed by atoms with Gasteiger partial charge in [0.15, 0.2) is 34.7 Å². The van der Waals surface area contributed by atoms with E-state index in [1.807, 2.05) is 141 Å². The molecule has 0 amide bonds. The summed E-state index contributed by atoms with van der Waals surface area (Å²) in [6.45, 7) is 13.3. The molecule has 0 heterocycles. The van der Waals surface area contributed by atoms with Gasteiger partial charge >= 0.3 is 0 Å². The number of benzene rings is 9. The van der Waals surface area contributed by atoms with Crippen molar-refractivity contribution >= 4 is 56.2 Å². The maximum absolute atomic E-state index is 11.4. The molecule has 0 aromatic heterocycles. The van der Waals surface area contributed by atoms with Crippen LogP contribution in [0, 0.1) is 0 Å². The van der Waals surface area contributed by atoms with Gasteiger partial charge < -0.3 is 28.4 Å². The summed E-state index contributed by atoms with van der Waals surface area (Å²) in [5.41, 5.74) is 6.54. The molecule has 0 N–H and O–H groups in total. The van der Waals surface area contributed by atoms with Gasteiger partial charge in [-0.05, 0) is 166 Å². The summed E-state index contributed by atoms with van der Waals surface area (Å²) in [5, 5.41) is 4.07. The van der Waals surface area contributed by atoms with E-state index in [1.165, 1.54) is 6.92 Å². The van der Waals surface area contributed by atoms with Gasteiger partial charge in [0.25, 0.3) is 0 Å². The Morgan fingerprint density at radius 1 is 0.268 bits per heavy atom. The Morgan fingerprint density at radius 2 is 0.598 bits per heavy atom. The molecule has 12 nitrogen and oxygen atoms in total. The number of hydrogen-bond donors (Lipinski definition) is 0. The second kappa shape index (κ2) is 35.0. The SMILES string of the molecule is CC.COc1ccc(-c2ccc(C(C)=O)cc2)cc1.COc1ccc(C(C)=O)cc1.COc1ccc(C(C)=O)cc1.COc1ccc2cc(C(C)=O)ccc2c1.COc1cccc(C(C)=O)c1.COc1cccc2c(C(C)=O)cccc12. The minimum absolute atomic E-state index is 0.0592. The fourth-order valence-electron chi connectivity index (χ4n) is 7.51. The second-order valence-corrected chi connectivity index (χ2v) is 17.6. The summed E-state index contributed by atoms with van der Waals surface area (Å²) in [5.74, 6) is 5.21. The summed E-state index contributed by atoms with van der Waals surface area (Å²) < 4.78 is 30.3. The van der Waals surface area contributed by atoms with Gasteiger partial charge in [0.05, 0.1) is 42.7 Å². The maximum Gasteiger partial charge on any atom is 0.160 e. The molecule has 0 radical (unpaired) electrons. The molecule has 0 aliphatic rings. The van der Waals surface area contributed by atoms with Gasteiger partial charge in [0.1, 0.15) is 34.5 Å². The lowest BCUT2D eigenvalue weighted by molar-refractivity contribution is 0.100. The fraction of sp³-hybridized carbons (Fsp3) is 0.200. The molecule has 9 aromatic carbocycles. The Morgan fingerprint density at radius 3 is 1.02 bits per heavy atom. The third kappa shape index (κ3) is 21.2. The second-order valence-electron chi connectivity index (χ2n) is 17.6. The topological polar surface area (TPSA) is 158 Å². The van der Waals surface area contributed by atoms with E-state index in [0.717, 1.165) is 83.9 Å². The molecule has 9 aromatic rings. The number of fused-ring (bicyclic) bond motifs is 2. The van der Waals surface area contributed by atoms with Gasteiger partial charge in [0.2, 0.25) is 0 Å². The predicted molar refractivity (Wildman–Crippen MR) is 330 cm³/mol. The van der Waals surface area contributed by atoms with E-state index in [9.17, 15) is 28.8 Å². The van der Waals surface area contributed by atoms with Gasteiger partial charge in [-0.1, -0.05) is 111 Å². The van der Waals surface area contributed by atoms with Crippen molar-refractivity contribution in [3.8, 4) is 45.6 Å². The molecule has 82 heavy (non-hydrogen) atoms. The summed E-state index contributed by atoms with van der Waals surface area (Å²) >= 11 is 0. The van der Waals surface area contributed by atoms with E-state index in [1.54, 1.807) is 144 Å². The van der Waals surface area contributed by atoms with Crippen molar-refractivity contribution in [2.75, 3.05) is 42.7 Å². The van der Waals surface area contributed by atoms with Crippen LogP contribution in [0.1, 0.15) is 118 Å². The fourth-order valence-corrected chi connectivity index (χ4v) is 7.51. The minimum atomic E-state index is 0.0592. The Labute approximate surface area is 482 Å². The van der Waals surface area contributed by atoms with Crippen LogP contribution in [0.25, 0.3) is 32.7 Å². The molecule has 0 fully saturated rings. The maximum atomic E-state index is 11.4. The van der Waals surface area contributed by atoms with E-state index in [-0.39, 0.29) is 34.7 Å². The van der Waals surface area contributed by atoms with Crippen LogP contribution in [0.4, 0.5) is 0 Å². The van der Waals surface area contributed by atoms with Crippen molar-refractivity contribution in [3.05, 3.63) is 228 Å². The van der Waals surface area contributed by atoms with Gasteiger partial charge in [0, 0.05) is 38.8 Å². The molecule has 12 heteroatoms. The smallest absolute Gasteiger partial charge is 0.160 e. The number of Topliss-reactive ketones (excluding diaryl/α,β-unsaturated/α-hetero) is 6. The lowest BCUT2D eigenvalue weighted by atomic mass is 10.0. The Hall–Kier alpha value is -9.68. The Balaban J connectivity index is 0.000000259. The molecule has 0 atom stereocenters. The summed E-state index contributed by atoms with van der Waals surface area (Å²) in [7, 11) is 9.71. The van der Waals surface area contributed by atoms with Crippen LogP contribution in [0.3, 0.4) is 0 Å². The average Bonchev–Trinajstić information content (AvgIpc) is 3.54. The Kier molecular flexibility index (Phi) is 28.5. The van der Waals surface area contributed by atoms with Crippen LogP contribution < -0.4 is 28.4 Å². The molecule has 0 bridgehead atoms. The third-order valence-electron chi connectivity index (χ3n) is 12.1. The van der Waals surface area contributed by atoms with Crippen molar-refractivity contribution in [1.29, 1.82) is 0 Å². The number of carbonyl (C=O) groups is 6. The summed E-state index contributed by atoms with van der Waals surface area (Å²) in [6.07, 6.45) is 0. The molecule has 9 rings (SSSR count). The van der Waals surface area contributed by atoms with E-state index in [2.05, 4.69) is 0 Å². The van der Waals surface area contributed by atoms with E-state index < -0.39 is 0 Å². The van der Waals surface area contributed by atoms with E-state index >= 15 is 0 Å². The first-order valence-electron chi connectivity index (χ1n) is 26.2. The molecule has 0 spiro atoms. The molecular formula is C70H74O12. The van der Waals surface area contributed by atoms with Crippen molar-refractivity contribution in [2.24, 2.45) is 0 Å². The molecule has 0 saturated heterocycles. The highest BCUT2D eigenvalue weighted by atomic mass is 16.5. The van der Waals surface area contributed by atoms with Crippen LogP contribution in [-0.4, -0.2) is 77.4 Å². The summed E-state index contributed by atoms with van der Waals surface area (Å²) in [6, 6.07) is 59.6. The highest BCUT2D eigenvalue weighted by molar-refractivity contribution is 6.08. The molecular weight excluding hydrogens is 1030 g/mol. The highest BCUT2D eigenvalue weighted by Gasteiger charge is 2.08. The predicted octanol–water partition coefficient (Wildman–Crippen LogP) is 16.4. The quantitative estimate of drug-likeness (QED) is 0.101. The lowest BCUT2D eigenvalue weighted by Crippen LogP contribution is -1.94. The largest absolute Gasteiger partial charge is 0.497 e. The van der Waals surface area contributed by atoms with Crippen LogP contribution >= 0.6 is 0 Å². The monoisotopic (exact) mass is 1110 g/mol. The highest BCUT2D eigenvalue weighted by Crippen LogP contribution is 2.28. The normalized spacial score (nSPS) is 9.63. The van der Waals surface area contributed by atoms with Gasteiger partial charge in [-0.25, -0.2) is 0 Å². The first kappa shape index (κ1) is 66.6. The number of carbonyl (C=O) groups excluding carboxylic acids is 6. The molecule has 0 aliphatic heterocycles.